The first kappa shape index (κ1) is 22.2. The van der Waals surface area contributed by atoms with Crippen molar-refractivity contribution in [3.8, 4) is 17.2 Å². The van der Waals surface area contributed by atoms with Gasteiger partial charge >= 0.3 is 6.18 Å². The molecule has 0 aliphatic carbocycles. The van der Waals surface area contributed by atoms with Crippen molar-refractivity contribution in [3.05, 3.63) is 66.0 Å². The molecule has 0 unspecified atom stereocenters. The van der Waals surface area contributed by atoms with Crippen LogP contribution in [0.25, 0.3) is 5.69 Å². The maximum atomic E-state index is 13.0. The third-order valence-electron chi connectivity index (χ3n) is 4.22. The number of carbonyl (C=O) groups excluding carboxylic acids is 1. The summed E-state index contributed by atoms with van der Waals surface area (Å²) >= 11 is 0. The summed E-state index contributed by atoms with van der Waals surface area (Å²) in [5.74, 6) is 0.159. The van der Waals surface area contributed by atoms with E-state index in [1.807, 2.05) is 0 Å². The monoisotopic (exact) mass is 435 g/mol. The van der Waals surface area contributed by atoms with Crippen molar-refractivity contribution in [2.45, 2.75) is 6.18 Å². The second kappa shape index (κ2) is 9.52. The largest absolute Gasteiger partial charge is 0.493 e. The maximum Gasteiger partial charge on any atom is 0.416 e. The summed E-state index contributed by atoms with van der Waals surface area (Å²) in [5.41, 5.74) is -0.261. The second-order valence-electron chi connectivity index (χ2n) is 6.36. The molecule has 7 nitrogen and oxygen atoms in total. The summed E-state index contributed by atoms with van der Waals surface area (Å²) in [5, 5.41) is 6.78. The number of ether oxygens (including phenoxy) is 3. The van der Waals surface area contributed by atoms with Gasteiger partial charge in [0, 0.05) is 12.8 Å². The Morgan fingerprint density at radius 3 is 2.48 bits per heavy atom. The predicted octanol–water partition coefficient (Wildman–Crippen LogP) is 4.18. The third-order valence-corrected chi connectivity index (χ3v) is 4.22. The van der Waals surface area contributed by atoms with Crippen LogP contribution in [0.2, 0.25) is 0 Å². The van der Waals surface area contributed by atoms with E-state index >= 15 is 0 Å². The molecule has 0 fully saturated rings. The number of hydrogen-bond acceptors (Lipinski definition) is 5. The van der Waals surface area contributed by atoms with Crippen LogP contribution in [0.1, 0.15) is 16.1 Å². The lowest BCUT2D eigenvalue weighted by atomic mass is 10.2. The summed E-state index contributed by atoms with van der Waals surface area (Å²) < 4.78 is 55.7. The molecule has 0 saturated carbocycles. The molecule has 31 heavy (non-hydrogen) atoms. The molecule has 0 spiro atoms. The van der Waals surface area contributed by atoms with E-state index in [1.54, 1.807) is 31.4 Å². The standard InChI is InChI=1S/C21H20F3N3O4/c1-29-10-11-31-17-8-6-15(7-9-17)25-20(28)19-18(30-2)13-27(26-19)16-5-3-4-14(12-16)21(22,23)24/h3-9,12-13H,10-11H2,1-2H3,(H,25,28). The zero-order chi connectivity index (χ0) is 22.4. The van der Waals surface area contributed by atoms with Crippen molar-refractivity contribution >= 4 is 11.6 Å². The molecule has 2 aromatic carbocycles. The van der Waals surface area contributed by atoms with E-state index in [2.05, 4.69) is 10.4 Å². The first-order valence-electron chi connectivity index (χ1n) is 9.16. The van der Waals surface area contributed by atoms with Gasteiger partial charge in [0.1, 0.15) is 12.4 Å². The van der Waals surface area contributed by atoms with Gasteiger partial charge < -0.3 is 19.5 Å². The van der Waals surface area contributed by atoms with Crippen molar-refractivity contribution in [1.29, 1.82) is 0 Å². The van der Waals surface area contributed by atoms with Gasteiger partial charge in [0.05, 0.1) is 31.2 Å². The van der Waals surface area contributed by atoms with Crippen LogP contribution in [0.15, 0.2) is 54.7 Å². The first-order chi connectivity index (χ1) is 14.8. The molecule has 0 aliphatic rings. The zero-order valence-electron chi connectivity index (χ0n) is 16.8. The summed E-state index contributed by atoms with van der Waals surface area (Å²) in [6.07, 6.45) is -3.15. The Kier molecular flexibility index (Phi) is 6.81. The first-order valence-corrected chi connectivity index (χ1v) is 9.16. The molecule has 3 aromatic rings. The van der Waals surface area contributed by atoms with Gasteiger partial charge in [-0.25, -0.2) is 4.68 Å². The number of benzene rings is 2. The SMILES string of the molecule is COCCOc1ccc(NC(=O)c2nn(-c3cccc(C(F)(F)F)c3)cc2OC)cc1. The Labute approximate surface area is 176 Å². The maximum absolute atomic E-state index is 13.0. The van der Waals surface area contributed by atoms with E-state index in [1.165, 1.54) is 25.4 Å². The van der Waals surface area contributed by atoms with Crippen LogP contribution in [-0.2, 0) is 10.9 Å². The fourth-order valence-electron chi connectivity index (χ4n) is 2.69. The van der Waals surface area contributed by atoms with E-state index in [0.717, 1.165) is 16.8 Å². The highest BCUT2D eigenvalue weighted by atomic mass is 19.4. The highest BCUT2D eigenvalue weighted by Gasteiger charge is 2.30. The Morgan fingerprint density at radius 1 is 1.10 bits per heavy atom. The fourth-order valence-corrected chi connectivity index (χ4v) is 2.69. The fraction of sp³-hybridized carbons (Fsp3) is 0.238. The van der Waals surface area contributed by atoms with Crippen LogP contribution in [0.3, 0.4) is 0 Å². The lowest BCUT2D eigenvalue weighted by molar-refractivity contribution is -0.137. The van der Waals surface area contributed by atoms with E-state index < -0.39 is 17.6 Å². The molecule has 1 N–H and O–H groups in total. The minimum atomic E-state index is -4.49. The van der Waals surface area contributed by atoms with Gasteiger partial charge in [-0.2, -0.15) is 18.3 Å². The van der Waals surface area contributed by atoms with E-state index in [-0.39, 0.29) is 17.1 Å². The van der Waals surface area contributed by atoms with Gasteiger partial charge in [-0.3, -0.25) is 4.79 Å². The third kappa shape index (κ3) is 5.54. The molecule has 164 valence electrons. The number of halogens is 3. The number of anilines is 1. The molecule has 0 bridgehead atoms. The Hall–Kier alpha value is -3.53. The predicted molar refractivity (Wildman–Crippen MR) is 107 cm³/mol. The summed E-state index contributed by atoms with van der Waals surface area (Å²) in [7, 11) is 2.92. The van der Waals surface area contributed by atoms with Gasteiger partial charge in [-0.05, 0) is 42.5 Å². The number of amides is 1. The van der Waals surface area contributed by atoms with Crippen LogP contribution in [0, 0.1) is 0 Å². The smallest absolute Gasteiger partial charge is 0.416 e. The number of hydrogen-bond donors (Lipinski definition) is 1. The van der Waals surface area contributed by atoms with E-state index in [4.69, 9.17) is 14.2 Å². The van der Waals surface area contributed by atoms with Crippen LogP contribution in [0.4, 0.5) is 18.9 Å². The molecule has 0 aliphatic heterocycles. The molecule has 3 rings (SSSR count). The van der Waals surface area contributed by atoms with Crippen LogP contribution in [0.5, 0.6) is 11.5 Å². The van der Waals surface area contributed by atoms with Crippen LogP contribution < -0.4 is 14.8 Å². The number of rotatable bonds is 8. The normalized spacial score (nSPS) is 11.3. The summed E-state index contributed by atoms with van der Waals surface area (Å²) in [4.78, 5) is 12.7. The van der Waals surface area contributed by atoms with Gasteiger partial charge in [-0.1, -0.05) is 6.07 Å². The molecule has 1 heterocycles. The number of alkyl halides is 3. The highest BCUT2D eigenvalue weighted by Crippen LogP contribution is 2.31. The average Bonchev–Trinajstić information content (AvgIpc) is 3.19. The van der Waals surface area contributed by atoms with Crippen molar-refractivity contribution in [3.63, 3.8) is 0 Å². The molecule has 1 aromatic heterocycles. The quantitative estimate of drug-likeness (QED) is 0.538. The lowest BCUT2D eigenvalue weighted by Crippen LogP contribution is -2.14. The molecule has 0 atom stereocenters. The highest BCUT2D eigenvalue weighted by molar-refractivity contribution is 6.04. The topological polar surface area (TPSA) is 74.6 Å². The number of carbonyl (C=O) groups is 1. The Bertz CT molecular complexity index is 1030. The van der Waals surface area contributed by atoms with Gasteiger partial charge in [0.2, 0.25) is 0 Å². The van der Waals surface area contributed by atoms with E-state index in [0.29, 0.717) is 24.7 Å². The average molecular weight is 435 g/mol. The lowest BCUT2D eigenvalue weighted by Gasteiger charge is -2.08. The molecule has 10 heteroatoms. The van der Waals surface area contributed by atoms with E-state index in [9.17, 15) is 18.0 Å². The van der Waals surface area contributed by atoms with Crippen molar-refractivity contribution in [2.75, 3.05) is 32.8 Å². The van der Waals surface area contributed by atoms with Crippen molar-refractivity contribution < 1.29 is 32.2 Å². The summed E-state index contributed by atoms with van der Waals surface area (Å²) in [6.45, 7) is 0.846. The van der Waals surface area contributed by atoms with Gasteiger partial charge in [-0.15, -0.1) is 0 Å². The number of methoxy groups -OCH3 is 2. The Morgan fingerprint density at radius 2 is 1.84 bits per heavy atom. The van der Waals surface area contributed by atoms with Gasteiger partial charge in [0.25, 0.3) is 5.91 Å². The Balaban J connectivity index is 1.77. The van der Waals surface area contributed by atoms with Crippen LogP contribution >= 0.6 is 0 Å². The molecule has 1 amide bonds. The second-order valence-corrected chi connectivity index (χ2v) is 6.36. The van der Waals surface area contributed by atoms with Crippen molar-refractivity contribution in [2.24, 2.45) is 0 Å². The minimum Gasteiger partial charge on any atom is -0.493 e. The van der Waals surface area contributed by atoms with Gasteiger partial charge in [0.15, 0.2) is 11.4 Å². The zero-order valence-corrected chi connectivity index (χ0v) is 16.8. The molecule has 0 radical (unpaired) electrons. The molecular formula is C21H20F3N3O4. The minimum absolute atomic E-state index is 0.0691. The van der Waals surface area contributed by atoms with Crippen molar-refractivity contribution in [1.82, 2.24) is 9.78 Å². The number of nitrogens with one attached hydrogen (secondary N) is 1. The number of nitrogens with zero attached hydrogens (tertiary/aromatic N) is 2. The molecular weight excluding hydrogens is 415 g/mol. The number of aromatic nitrogens is 2. The molecule has 0 saturated heterocycles. The van der Waals surface area contributed by atoms with Crippen LogP contribution in [-0.4, -0.2) is 43.1 Å². The summed E-state index contributed by atoms with van der Waals surface area (Å²) in [6, 6.07) is 11.3.